The molecule has 0 saturated carbocycles. The highest BCUT2D eigenvalue weighted by molar-refractivity contribution is 6.12. The first-order chi connectivity index (χ1) is 63.4. The number of rotatable bonds is 10. The number of aromatic hydroxyl groups is 25. The lowest BCUT2D eigenvalue weighted by atomic mass is 9.70. The molecule has 53 heteroatoms. The molecule has 0 unspecified atom stereocenters. The first-order valence-electron chi connectivity index (χ1n) is 37.6. The molecule has 7 aliphatic rings. The number of aliphatic hydroxyl groups is 3. The number of hydrogen-bond donors (Lipinski definition) is 28. The third-order valence-electron chi connectivity index (χ3n) is 21.9. The molecule has 9 aromatic rings. The normalized spacial score (nSPS) is 22.5. The van der Waals surface area contributed by atoms with Crippen LogP contribution in [0.15, 0.2) is 84.4 Å². The molecule has 0 radical (unpaired) electrons. The summed E-state index contributed by atoms with van der Waals surface area (Å²) in [6.45, 7) is -3.30. The zero-order valence-electron chi connectivity index (χ0n) is 66.0. The van der Waals surface area contributed by atoms with Crippen LogP contribution >= 0.6 is 0 Å². The topological polar surface area (TPSA) is 883 Å². The van der Waals surface area contributed by atoms with Gasteiger partial charge in [-0.1, -0.05) is 0 Å². The molecular weight excluding hydrogens is 1830 g/mol. The van der Waals surface area contributed by atoms with Gasteiger partial charge in [0.25, 0.3) is 5.79 Å². The minimum absolute atomic E-state index is 0.0429. The van der Waals surface area contributed by atoms with Gasteiger partial charge in [0.1, 0.15) is 31.0 Å². The molecule has 1 aliphatic carbocycles. The molecule has 6 heterocycles. The third kappa shape index (κ3) is 14.4. The largest absolute Gasteiger partial charge is 0.504 e. The van der Waals surface area contributed by atoms with E-state index in [9.17, 15) is 167 Å². The highest BCUT2D eigenvalue weighted by Gasteiger charge is 2.71. The van der Waals surface area contributed by atoms with E-state index < -0.39 is 402 Å². The number of carbonyl (C=O) groups is 11. The van der Waals surface area contributed by atoms with E-state index in [1.165, 1.54) is 0 Å². The van der Waals surface area contributed by atoms with Crippen LogP contribution in [0.4, 0.5) is 0 Å². The lowest BCUT2D eigenvalue weighted by Crippen LogP contribution is -2.70. The summed E-state index contributed by atoms with van der Waals surface area (Å²) in [6.07, 6.45) is -28.7. The van der Waals surface area contributed by atoms with Gasteiger partial charge in [0.05, 0.1) is 56.0 Å². The van der Waals surface area contributed by atoms with Crippen LogP contribution < -0.4 is 9.47 Å². The van der Waals surface area contributed by atoms with Gasteiger partial charge in [0.15, 0.2) is 145 Å². The molecule has 2 fully saturated rings. The molecule has 0 amide bonds. The van der Waals surface area contributed by atoms with Gasteiger partial charge >= 0.3 is 65.5 Å². The van der Waals surface area contributed by atoms with Crippen molar-refractivity contribution in [2.75, 3.05) is 13.2 Å². The van der Waals surface area contributed by atoms with Gasteiger partial charge in [-0.2, -0.15) is 0 Å². The smallest absolute Gasteiger partial charge is 0.342 e. The van der Waals surface area contributed by atoms with E-state index in [1.54, 1.807) is 0 Å². The van der Waals surface area contributed by atoms with Crippen molar-refractivity contribution in [2.45, 2.75) is 78.9 Å². The summed E-state index contributed by atoms with van der Waals surface area (Å²) in [5.41, 5.74) is -19.9. The molecule has 2 saturated heterocycles. The predicted octanol–water partition coefficient (Wildman–Crippen LogP) is 0.965. The van der Waals surface area contributed by atoms with E-state index >= 15 is 28.8 Å². The molecule has 702 valence electrons. The van der Waals surface area contributed by atoms with Crippen LogP contribution in [0.3, 0.4) is 0 Å². The zero-order chi connectivity index (χ0) is 98.0. The molecule has 135 heavy (non-hydrogen) atoms. The minimum atomic E-state index is -4.21. The monoisotopic (exact) mass is 1890 g/mol. The number of ketones is 1. The maximum Gasteiger partial charge on any atom is 0.342 e. The maximum atomic E-state index is 15.7. The van der Waals surface area contributed by atoms with Gasteiger partial charge in [-0.15, -0.1) is 0 Å². The van der Waals surface area contributed by atoms with Gasteiger partial charge in [-0.05, 0) is 66.7 Å². The molecule has 0 aromatic heterocycles. The number of fused-ring (bicyclic) bond motifs is 8. The highest BCUT2D eigenvalue weighted by Crippen LogP contribution is 2.62. The highest BCUT2D eigenvalue weighted by atomic mass is 16.8. The maximum absolute atomic E-state index is 15.7. The molecule has 0 spiro atoms. The van der Waals surface area contributed by atoms with Crippen LogP contribution in [-0.2, 0) is 66.4 Å². The summed E-state index contributed by atoms with van der Waals surface area (Å²) >= 11 is 0. The van der Waals surface area contributed by atoms with Crippen molar-refractivity contribution >= 4 is 65.5 Å². The second-order valence-corrected chi connectivity index (χ2v) is 29.9. The van der Waals surface area contributed by atoms with E-state index in [0.717, 1.165) is 0 Å². The SMILES string of the molecule is O=C1O[C@H]2[C@@H]3OC(=O)c4cc(O)c(O)c(O)c4-c4c(cc(Oc5c(C(=O)O[C@H]6[C@H](OC(=O)c7cc(O)c(O)c(O)c7)O[C@@H]7COC(=O)c8cc(O)c(O)c(O)c8-c8c(cc(O)c(O)c8O)C(=O)O[C@H]7[C@@H]6OC(=O)c6cc(O)c(O)c(O)c6)cc(O)c(O)c5O)c(O)c4O)C(=O)OC[C@H]2O[C@@H](OC(=O)c2cc(O)c(O)c(O)c2)[C@@H]3OC(=O)c2cc(O)c(O)c3c2[C@@H]2C1=CC(=O)[C@](O)(O3)C2(O)O. The average Bonchev–Trinajstić information content (AvgIpc) is 1.45. The first kappa shape index (κ1) is 89.9. The third-order valence-corrected chi connectivity index (χ3v) is 21.9. The van der Waals surface area contributed by atoms with Crippen LogP contribution in [0, 0.1) is 0 Å². The summed E-state index contributed by atoms with van der Waals surface area (Å²) in [7, 11) is 0. The first-order valence-corrected chi connectivity index (χ1v) is 37.6. The Morgan fingerprint density at radius 3 is 1.16 bits per heavy atom. The molecule has 9 aromatic carbocycles. The van der Waals surface area contributed by atoms with Crippen molar-refractivity contribution in [1.82, 2.24) is 0 Å². The predicted molar refractivity (Wildman–Crippen MR) is 411 cm³/mol. The van der Waals surface area contributed by atoms with E-state index in [1.807, 2.05) is 0 Å². The Kier molecular flexibility index (Phi) is 21.3. The van der Waals surface area contributed by atoms with Crippen molar-refractivity contribution in [3.05, 3.63) is 140 Å². The Hall–Kier alpha value is -18.5. The fourth-order valence-electron chi connectivity index (χ4n) is 15.4. The average molecular weight is 1890 g/mol. The Labute approximate surface area is 740 Å². The van der Waals surface area contributed by atoms with Crippen LogP contribution in [0.25, 0.3) is 22.3 Å². The van der Waals surface area contributed by atoms with Gasteiger partial charge < -0.3 is 209 Å². The summed E-state index contributed by atoms with van der Waals surface area (Å²) in [4.78, 5) is 164. The lowest BCUT2D eigenvalue weighted by Gasteiger charge is -2.49. The standard InChI is InChI=1S/C82H56O53/c83-26-1-16(2-27(84)47(26)95)69(109)129-65-62-38(14-122-72(112)19-7-32(89)50(98)56(104)41(19)42-20(74(114)127-62)8-33(90)51(99)57(42)105)125-79(133-70(110)17-3-28(85)48(96)29(86)4-17)67(65)132-78(118)25-11-35(92)53(101)60(108)61(25)124-37-12-23-44(59(107)55(37)103)43-21(9-34(91)52(100)58(43)106)75(115)130-66-63-39(15-123-73(23)113)126-80(134-71(111)18-5-30(87)49(97)31(88)6-18)68(66)131-76(116)22-10-36(93)54(102)64-45(22)46-24(77(117)128-63)13-40(94)82(121,135-64)81(46,119)120/h1-13,38-39,46,62-63,65-68,79-80,83-93,95-108,119-121H,14-15H2/t38-,39-,46+,62-,63-,65+,66+,67-,68-,79+,80+,82+/m1/s1. The van der Waals surface area contributed by atoms with E-state index in [2.05, 4.69) is 0 Å². The van der Waals surface area contributed by atoms with Crippen molar-refractivity contribution in [3.8, 4) is 183 Å². The van der Waals surface area contributed by atoms with Crippen LogP contribution in [0.2, 0.25) is 0 Å². The van der Waals surface area contributed by atoms with Crippen molar-refractivity contribution < 1.29 is 262 Å². The van der Waals surface area contributed by atoms with Crippen molar-refractivity contribution in [1.29, 1.82) is 0 Å². The summed E-state index contributed by atoms with van der Waals surface area (Å²) in [6, 6.07) is 3.43. The number of phenols is 25. The second kappa shape index (κ2) is 32.0. The molecule has 6 bridgehead atoms. The zero-order valence-corrected chi connectivity index (χ0v) is 66.0. The molecule has 53 nitrogen and oxygen atoms in total. The minimum Gasteiger partial charge on any atom is -0.504 e. The van der Waals surface area contributed by atoms with Gasteiger partial charge in [-0.3, -0.25) is 4.79 Å². The fraction of sp³-hybridized carbons (Fsp3) is 0.183. The number of carbonyl (C=O) groups excluding carboxylic acids is 11. The summed E-state index contributed by atoms with van der Waals surface area (Å²) in [5, 5.41) is 311. The Balaban J connectivity index is 0.840. The van der Waals surface area contributed by atoms with Crippen molar-refractivity contribution in [2.24, 2.45) is 0 Å². The Morgan fingerprint density at radius 2 is 0.681 bits per heavy atom. The number of esters is 10. The van der Waals surface area contributed by atoms with E-state index in [-0.39, 0.29) is 36.4 Å². The van der Waals surface area contributed by atoms with Gasteiger partial charge in [-0.25, -0.2) is 47.9 Å². The van der Waals surface area contributed by atoms with Gasteiger partial charge in [0, 0.05) is 39.9 Å². The van der Waals surface area contributed by atoms with Crippen LogP contribution in [0.1, 0.15) is 105 Å². The number of cyclic esters (lactones) is 2. The fourth-order valence-corrected chi connectivity index (χ4v) is 15.4. The number of benzene rings is 9. The second-order valence-electron chi connectivity index (χ2n) is 29.9. The van der Waals surface area contributed by atoms with E-state index in [0.29, 0.717) is 42.5 Å². The van der Waals surface area contributed by atoms with Crippen LogP contribution in [-0.4, -0.2) is 295 Å². The van der Waals surface area contributed by atoms with E-state index in [4.69, 9.17) is 66.3 Å². The molecule has 16 rings (SSSR count). The summed E-state index contributed by atoms with van der Waals surface area (Å²) < 4.78 is 79.9. The molecule has 6 aliphatic heterocycles. The Bertz CT molecular complexity index is 6790. The van der Waals surface area contributed by atoms with Crippen molar-refractivity contribution in [3.63, 3.8) is 0 Å². The number of ether oxygens (including phenoxy) is 14. The quantitative estimate of drug-likeness (QED) is 0.0392. The number of phenolic OH excluding ortho intramolecular Hbond substituents is 25. The lowest BCUT2D eigenvalue weighted by molar-refractivity contribution is -0.339. The Morgan fingerprint density at radius 1 is 0.326 bits per heavy atom. The van der Waals surface area contributed by atoms with Gasteiger partial charge in [0.2, 0.25) is 70.8 Å². The molecule has 12 atom stereocenters. The number of hydrogen-bond acceptors (Lipinski definition) is 53. The molecule has 28 N–H and O–H groups in total. The molecular formula is C82H56O53. The van der Waals surface area contributed by atoms with Crippen LogP contribution in [0.5, 0.6) is 161 Å². The summed E-state index contributed by atoms with van der Waals surface area (Å²) in [5.74, 6) is -76.8.